The van der Waals surface area contributed by atoms with Gasteiger partial charge in [0.25, 0.3) is 5.69 Å². The number of benzene rings is 1. The molecule has 7 heteroatoms. The SMILES string of the molecule is CC(C)n1cc(Nc2cc(F)ccc2[N+](=O)[O-])cn1. The molecule has 2 aromatic rings. The maximum atomic E-state index is 13.2. The van der Waals surface area contributed by atoms with Gasteiger partial charge in [-0.05, 0) is 19.9 Å². The van der Waals surface area contributed by atoms with Gasteiger partial charge in [-0.25, -0.2) is 4.39 Å². The summed E-state index contributed by atoms with van der Waals surface area (Å²) in [6.07, 6.45) is 3.24. The Bertz CT molecular complexity index is 610. The van der Waals surface area contributed by atoms with Crippen LogP contribution in [0.4, 0.5) is 21.5 Å². The first kappa shape index (κ1) is 13.0. The normalized spacial score (nSPS) is 10.7. The molecule has 0 unspecified atom stereocenters. The van der Waals surface area contributed by atoms with Crippen molar-refractivity contribution >= 4 is 17.1 Å². The fourth-order valence-corrected chi connectivity index (χ4v) is 1.61. The lowest BCUT2D eigenvalue weighted by Gasteiger charge is -2.05. The van der Waals surface area contributed by atoms with Gasteiger partial charge in [-0.2, -0.15) is 5.10 Å². The first-order valence-corrected chi connectivity index (χ1v) is 5.72. The van der Waals surface area contributed by atoms with Gasteiger partial charge in [-0.1, -0.05) is 0 Å². The van der Waals surface area contributed by atoms with Crippen molar-refractivity contribution < 1.29 is 9.31 Å². The van der Waals surface area contributed by atoms with Crippen molar-refractivity contribution in [3.05, 3.63) is 46.5 Å². The monoisotopic (exact) mass is 264 g/mol. The number of rotatable bonds is 4. The highest BCUT2D eigenvalue weighted by Crippen LogP contribution is 2.28. The molecule has 0 atom stereocenters. The number of nitrogens with one attached hydrogen (secondary N) is 1. The first-order valence-electron chi connectivity index (χ1n) is 5.72. The average molecular weight is 264 g/mol. The second-order valence-corrected chi connectivity index (χ2v) is 4.35. The largest absolute Gasteiger partial charge is 0.347 e. The van der Waals surface area contributed by atoms with Gasteiger partial charge in [0.2, 0.25) is 0 Å². The number of hydrogen-bond donors (Lipinski definition) is 1. The van der Waals surface area contributed by atoms with Crippen molar-refractivity contribution in [2.75, 3.05) is 5.32 Å². The van der Waals surface area contributed by atoms with Crippen LogP contribution < -0.4 is 5.32 Å². The molecule has 1 aromatic heterocycles. The highest BCUT2D eigenvalue weighted by molar-refractivity contribution is 5.68. The number of nitrogens with zero attached hydrogens (tertiary/aromatic N) is 3. The molecule has 0 aliphatic carbocycles. The van der Waals surface area contributed by atoms with E-state index >= 15 is 0 Å². The zero-order valence-electron chi connectivity index (χ0n) is 10.5. The van der Waals surface area contributed by atoms with Gasteiger partial charge in [-0.3, -0.25) is 14.8 Å². The number of hydrogen-bond acceptors (Lipinski definition) is 4. The highest BCUT2D eigenvalue weighted by Gasteiger charge is 2.15. The third-order valence-electron chi connectivity index (χ3n) is 2.56. The molecule has 0 saturated carbocycles. The van der Waals surface area contributed by atoms with Crippen LogP contribution in [0.1, 0.15) is 19.9 Å². The van der Waals surface area contributed by atoms with Crippen LogP contribution in [-0.2, 0) is 0 Å². The quantitative estimate of drug-likeness (QED) is 0.679. The summed E-state index contributed by atoms with van der Waals surface area (Å²) in [6, 6.07) is 3.45. The fraction of sp³-hybridized carbons (Fsp3) is 0.250. The Morgan fingerprint density at radius 2 is 2.21 bits per heavy atom. The van der Waals surface area contributed by atoms with E-state index in [-0.39, 0.29) is 17.4 Å². The number of aromatic nitrogens is 2. The second-order valence-electron chi connectivity index (χ2n) is 4.35. The third-order valence-corrected chi connectivity index (χ3v) is 2.56. The van der Waals surface area contributed by atoms with Gasteiger partial charge in [0.15, 0.2) is 0 Å². The van der Waals surface area contributed by atoms with Crippen molar-refractivity contribution in [3.8, 4) is 0 Å². The van der Waals surface area contributed by atoms with Gasteiger partial charge in [-0.15, -0.1) is 0 Å². The Balaban J connectivity index is 2.31. The summed E-state index contributed by atoms with van der Waals surface area (Å²) in [7, 11) is 0. The lowest BCUT2D eigenvalue weighted by molar-refractivity contribution is -0.384. The molecule has 1 N–H and O–H groups in total. The molecule has 0 fully saturated rings. The molecule has 19 heavy (non-hydrogen) atoms. The molecule has 0 aliphatic rings. The molecular formula is C12H13FN4O2. The number of nitro groups is 1. The molecular weight excluding hydrogens is 251 g/mol. The van der Waals surface area contributed by atoms with Crippen LogP contribution in [0.2, 0.25) is 0 Å². The molecule has 100 valence electrons. The second kappa shape index (κ2) is 5.05. The van der Waals surface area contributed by atoms with Crippen molar-refractivity contribution in [2.24, 2.45) is 0 Å². The smallest absolute Gasteiger partial charge is 0.292 e. The van der Waals surface area contributed by atoms with Crippen molar-refractivity contribution in [2.45, 2.75) is 19.9 Å². The summed E-state index contributed by atoms with van der Waals surface area (Å²) >= 11 is 0. The first-order chi connectivity index (χ1) is 8.97. The zero-order chi connectivity index (χ0) is 14.0. The van der Waals surface area contributed by atoms with Gasteiger partial charge in [0, 0.05) is 24.4 Å². The van der Waals surface area contributed by atoms with Crippen LogP contribution in [0.15, 0.2) is 30.6 Å². The molecule has 1 aromatic carbocycles. The molecule has 0 spiro atoms. The van der Waals surface area contributed by atoms with E-state index in [2.05, 4.69) is 10.4 Å². The molecule has 2 rings (SSSR count). The minimum atomic E-state index is -0.561. The van der Waals surface area contributed by atoms with Gasteiger partial charge < -0.3 is 5.32 Å². The van der Waals surface area contributed by atoms with E-state index in [1.165, 1.54) is 6.20 Å². The van der Waals surface area contributed by atoms with Crippen LogP contribution in [0.3, 0.4) is 0 Å². The predicted octanol–water partition coefficient (Wildman–Crippen LogP) is 3.25. The van der Waals surface area contributed by atoms with Crippen LogP contribution in [0, 0.1) is 15.9 Å². The maximum absolute atomic E-state index is 13.2. The van der Waals surface area contributed by atoms with Gasteiger partial charge in [0.05, 0.1) is 16.8 Å². The fourth-order valence-electron chi connectivity index (χ4n) is 1.61. The summed E-state index contributed by atoms with van der Waals surface area (Å²) < 4.78 is 14.9. The zero-order valence-corrected chi connectivity index (χ0v) is 10.5. The van der Waals surface area contributed by atoms with Crippen LogP contribution in [0.5, 0.6) is 0 Å². The molecule has 0 saturated heterocycles. The molecule has 0 bridgehead atoms. The Kier molecular flexibility index (Phi) is 3.46. The van der Waals surface area contributed by atoms with E-state index in [4.69, 9.17) is 0 Å². The van der Waals surface area contributed by atoms with Crippen molar-refractivity contribution in [1.29, 1.82) is 0 Å². The molecule has 1 heterocycles. The van der Waals surface area contributed by atoms with E-state index in [0.717, 1.165) is 18.2 Å². The number of nitro benzene ring substituents is 1. The Morgan fingerprint density at radius 3 is 2.79 bits per heavy atom. The van der Waals surface area contributed by atoms with Crippen LogP contribution in [-0.4, -0.2) is 14.7 Å². The third kappa shape index (κ3) is 2.87. The topological polar surface area (TPSA) is 73.0 Å². The molecule has 0 amide bonds. The summed E-state index contributed by atoms with van der Waals surface area (Å²) in [5.41, 5.74) is 0.495. The average Bonchev–Trinajstić information content (AvgIpc) is 2.77. The van der Waals surface area contributed by atoms with Crippen molar-refractivity contribution in [3.63, 3.8) is 0 Å². The minimum Gasteiger partial charge on any atom is -0.347 e. The number of halogens is 1. The predicted molar refractivity (Wildman–Crippen MR) is 68.9 cm³/mol. The van der Waals surface area contributed by atoms with Crippen molar-refractivity contribution in [1.82, 2.24) is 9.78 Å². The van der Waals surface area contributed by atoms with E-state index in [1.54, 1.807) is 10.9 Å². The summed E-state index contributed by atoms with van der Waals surface area (Å²) in [6.45, 7) is 3.92. The maximum Gasteiger partial charge on any atom is 0.292 e. The lowest BCUT2D eigenvalue weighted by atomic mass is 10.2. The van der Waals surface area contributed by atoms with Gasteiger partial charge in [0.1, 0.15) is 11.5 Å². The van der Waals surface area contributed by atoms with E-state index in [0.29, 0.717) is 5.69 Å². The van der Waals surface area contributed by atoms with E-state index in [9.17, 15) is 14.5 Å². The van der Waals surface area contributed by atoms with Crippen LogP contribution >= 0.6 is 0 Å². The number of anilines is 2. The molecule has 0 aliphatic heterocycles. The summed E-state index contributed by atoms with van der Waals surface area (Å²) in [4.78, 5) is 10.3. The summed E-state index contributed by atoms with van der Waals surface area (Å²) in [5.74, 6) is -0.538. The standard InChI is InChI=1S/C12H13FN4O2/c1-8(2)16-7-10(6-14-16)15-11-5-9(13)3-4-12(11)17(18)19/h3-8,15H,1-2H3. The van der Waals surface area contributed by atoms with Crippen LogP contribution in [0.25, 0.3) is 0 Å². The lowest BCUT2D eigenvalue weighted by Crippen LogP contribution is -2.00. The highest BCUT2D eigenvalue weighted by atomic mass is 19.1. The summed E-state index contributed by atoms with van der Waals surface area (Å²) in [5, 5.41) is 17.8. The molecule has 0 radical (unpaired) electrons. The molecule has 6 nitrogen and oxygen atoms in total. The Hall–Kier alpha value is -2.44. The van der Waals surface area contributed by atoms with E-state index < -0.39 is 10.7 Å². The minimum absolute atomic E-state index is 0.105. The Morgan fingerprint density at radius 1 is 1.47 bits per heavy atom. The van der Waals surface area contributed by atoms with E-state index in [1.807, 2.05) is 13.8 Å². The Labute approximate surface area is 109 Å². The van der Waals surface area contributed by atoms with Gasteiger partial charge >= 0.3 is 0 Å².